The van der Waals surface area contributed by atoms with Gasteiger partial charge in [-0.15, -0.1) is 0 Å². The van der Waals surface area contributed by atoms with Gasteiger partial charge in [-0.2, -0.15) is 17.4 Å². The van der Waals surface area contributed by atoms with E-state index in [-0.39, 0.29) is 12.1 Å². The van der Waals surface area contributed by atoms with E-state index >= 15 is 0 Å². The van der Waals surface area contributed by atoms with Gasteiger partial charge in [-0.3, -0.25) is 0 Å². The van der Waals surface area contributed by atoms with Crippen molar-refractivity contribution >= 4 is 10.2 Å². The van der Waals surface area contributed by atoms with Crippen LogP contribution in [0.3, 0.4) is 0 Å². The minimum absolute atomic E-state index is 0.107. The van der Waals surface area contributed by atoms with Gasteiger partial charge in [-0.05, 0) is 45.6 Å². The van der Waals surface area contributed by atoms with Crippen LogP contribution in [0.1, 0.15) is 57.8 Å². The Labute approximate surface area is 123 Å². The Hall–Kier alpha value is -0.170. The monoisotopic (exact) mass is 303 g/mol. The van der Waals surface area contributed by atoms with Gasteiger partial charge in [0.1, 0.15) is 0 Å². The van der Waals surface area contributed by atoms with Gasteiger partial charge >= 0.3 is 0 Å². The van der Waals surface area contributed by atoms with E-state index in [1.54, 1.807) is 11.4 Å². The molecule has 5 nitrogen and oxygen atoms in total. The highest BCUT2D eigenvalue weighted by atomic mass is 32.2. The average Bonchev–Trinajstić information content (AvgIpc) is 2.48. The van der Waals surface area contributed by atoms with E-state index in [1.807, 2.05) is 7.05 Å². The summed E-state index contributed by atoms with van der Waals surface area (Å²) in [7, 11) is 0.391. The molecule has 0 aromatic rings. The maximum absolute atomic E-state index is 12.4. The lowest BCUT2D eigenvalue weighted by Gasteiger charge is -2.34. The Morgan fingerprint density at radius 2 is 1.45 bits per heavy atom. The molecule has 0 spiro atoms. The van der Waals surface area contributed by atoms with E-state index in [0.29, 0.717) is 6.04 Å². The van der Waals surface area contributed by atoms with Crippen molar-refractivity contribution in [1.82, 2.24) is 14.3 Å². The van der Waals surface area contributed by atoms with Crippen LogP contribution in [0.25, 0.3) is 0 Å². The van der Waals surface area contributed by atoms with Crippen LogP contribution >= 0.6 is 0 Å². The third-order valence-electron chi connectivity index (χ3n) is 4.92. The zero-order valence-electron chi connectivity index (χ0n) is 12.8. The van der Waals surface area contributed by atoms with E-state index in [9.17, 15) is 8.42 Å². The maximum Gasteiger partial charge on any atom is 0.279 e. The molecule has 0 heterocycles. The second-order valence-corrected chi connectivity index (χ2v) is 8.03. The molecular formula is C14H29N3O2S. The fraction of sp³-hybridized carbons (Fsp3) is 1.00. The summed E-state index contributed by atoms with van der Waals surface area (Å²) in [6, 6.07) is 0.845. The second-order valence-electron chi connectivity index (χ2n) is 6.27. The van der Waals surface area contributed by atoms with Crippen LogP contribution in [0, 0.1) is 0 Å². The van der Waals surface area contributed by atoms with Gasteiger partial charge < -0.3 is 5.32 Å². The number of nitrogens with one attached hydrogen (secondary N) is 2. The first-order chi connectivity index (χ1) is 9.53. The Kier molecular flexibility index (Phi) is 5.84. The molecule has 2 fully saturated rings. The Bertz CT molecular complexity index is 385. The van der Waals surface area contributed by atoms with E-state index in [0.717, 1.165) is 51.4 Å². The molecule has 2 aliphatic carbocycles. The van der Waals surface area contributed by atoms with Gasteiger partial charge in [0.15, 0.2) is 0 Å². The zero-order chi connectivity index (χ0) is 14.6. The van der Waals surface area contributed by atoms with Gasteiger partial charge in [0.2, 0.25) is 0 Å². The molecule has 2 N–H and O–H groups in total. The second kappa shape index (κ2) is 7.20. The van der Waals surface area contributed by atoms with Gasteiger partial charge in [-0.25, -0.2) is 0 Å². The summed E-state index contributed by atoms with van der Waals surface area (Å²) in [6.45, 7) is 0. The molecule has 2 rings (SSSR count). The largest absolute Gasteiger partial charge is 0.317 e. The summed E-state index contributed by atoms with van der Waals surface area (Å²) in [5.74, 6) is 0. The van der Waals surface area contributed by atoms with Crippen LogP contribution < -0.4 is 10.0 Å². The predicted molar refractivity (Wildman–Crippen MR) is 81.8 cm³/mol. The highest BCUT2D eigenvalue weighted by Crippen LogP contribution is 2.24. The molecule has 0 atom stereocenters. The standard InChI is InChI=1S/C14H29N3O2S/c1-15-12-8-10-13(11-9-12)16-20(18,19)17(2)14-6-4-3-5-7-14/h12-16H,3-11H2,1-2H3. The molecule has 0 bridgehead atoms. The van der Waals surface area contributed by atoms with E-state index in [2.05, 4.69) is 10.0 Å². The molecule has 0 aromatic heterocycles. The molecule has 20 heavy (non-hydrogen) atoms. The topological polar surface area (TPSA) is 61.4 Å². The molecule has 0 amide bonds. The molecule has 0 aromatic carbocycles. The van der Waals surface area contributed by atoms with Crippen molar-refractivity contribution in [3.05, 3.63) is 0 Å². The highest BCUT2D eigenvalue weighted by molar-refractivity contribution is 7.87. The highest BCUT2D eigenvalue weighted by Gasteiger charge is 2.30. The molecule has 118 valence electrons. The molecular weight excluding hydrogens is 274 g/mol. The smallest absolute Gasteiger partial charge is 0.279 e. The van der Waals surface area contributed by atoms with Gasteiger partial charge in [0.25, 0.3) is 10.2 Å². The van der Waals surface area contributed by atoms with Crippen molar-refractivity contribution in [2.24, 2.45) is 0 Å². The van der Waals surface area contributed by atoms with Crippen LogP contribution in [0.2, 0.25) is 0 Å². The van der Waals surface area contributed by atoms with Crippen LogP contribution in [0.4, 0.5) is 0 Å². The summed E-state index contributed by atoms with van der Waals surface area (Å²) >= 11 is 0. The fourth-order valence-electron chi connectivity index (χ4n) is 3.43. The number of hydrogen-bond acceptors (Lipinski definition) is 3. The maximum atomic E-state index is 12.4. The first kappa shape index (κ1) is 16.2. The van der Waals surface area contributed by atoms with Gasteiger partial charge in [-0.1, -0.05) is 19.3 Å². The van der Waals surface area contributed by atoms with Crippen LogP contribution in [-0.4, -0.2) is 44.9 Å². The number of nitrogens with zero attached hydrogens (tertiary/aromatic N) is 1. The van der Waals surface area contributed by atoms with E-state index < -0.39 is 10.2 Å². The average molecular weight is 303 g/mol. The summed E-state index contributed by atoms with van der Waals surface area (Å²) in [6.07, 6.45) is 9.52. The molecule has 2 aliphatic rings. The molecule has 0 unspecified atom stereocenters. The normalized spacial score (nSPS) is 29.8. The lowest BCUT2D eigenvalue weighted by Crippen LogP contribution is -2.49. The minimum Gasteiger partial charge on any atom is -0.317 e. The van der Waals surface area contributed by atoms with E-state index in [1.165, 1.54) is 6.42 Å². The summed E-state index contributed by atoms with van der Waals surface area (Å²) in [5, 5.41) is 3.27. The van der Waals surface area contributed by atoms with Crippen LogP contribution in [-0.2, 0) is 10.2 Å². The fourth-order valence-corrected chi connectivity index (χ4v) is 4.86. The third kappa shape index (κ3) is 4.16. The third-order valence-corrected chi connectivity index (χ3v) is 6.61. The van der Waals surface area contributed by atoms with Crippen molar-refractivity contribution in [2.75, 3.05) is 14.1 Å². The zero-order valence-corrected chi connectivity index (χ0v) is 13.6. The summed E-state index contributed by atoms with van der Waals surface area (Å²) < 4.78 is 29.4. The quantitative estimate of drug-likeness (QED) is 0.811. The molecule has 6 heteroatoms. The van der Waals surface area contributed by atoms with Gasteiger partial charge in [0.05, 0.1) is 0 Å². The Morgan fingerprint density at radius 3 is 2.00 bits per heavy atom. The SMILES string of the molecule is CNC1CCC(NS(=O)(=O)N(C)C2CCCCC2)CC1. The van der Waals surface area contributed by atoms with E-state index in [4.69, 9.17) is 0 Å². The molecule has 0 aliphatic heterocycles. The summed E-state index contributed by atoms with van der Waals surface area (Å²) in [5.41, 5.74) is 0. The molecule has 2 saturated carbocycles. The van der Waals surface area contributed by atoms with Crippen molar-refractivity contribution in [3.63, 3.8) is 0 Å². The minimum atomic E-state index is -3.32. The van der Waals surface area contributed by atoms with Crippen LogP contribution in [0.5, 0.6) is 0 Å². The summed E-state index contributed by atoms with van der Waals surface area (Å²) in [4.78, 5) is 0. The molecule has 0 radical (unpaired) electrons. The predicted octanol–water partition coefficient (Wildman–Crippen LogP) is 1.62. The Morgan fingerprint density at radius 1 is 0.900 bits per heavy atom. The van der Waals surface area contributed by atoms with Crippen LogP contribution in [0.15, 0.2) is 0 Å². The lowest BCUT2D eigenvalue weighted by atomic mass is 9.92. The first-order valence-corrected chi connectivity index (χ1v) is 9.39. The van der Waals surface area contributed by atoms with Crippen molar-refractivity contribution in [3.8, 4) is 0 Å². The lowest BCUT2D eigenvalue weighted by molar-refractivity contribution is 0.276. The van der Waals surface area contributed by atoms with Gasteiger partial charge in [0, 0.05) is 25.2 Å². The van der Waals surface area contributed by atoms with Crippen molar-refractivity contribution in [2.45, 2.75) is 75.9 Å². The Balaban J connectivity index is 1.86. The van der Waals surface area contributed by atoms with Crippen molar-refractivity contribution in [1.29, 1.82) is 0 Å². The van der Waals surface area contributed by atoms with Crippen molar-refractivity contribution < 1.29 is 8.42 Å². The first-order valence-electron chi connectivity index (χ1n) is 7.95. The number of rotatable bonds is 5. The molecule has 0 saturated heterocycles. The number of hydrogen-bond donors (Lipinski definition) is 2.